The fourth-order valence-corrected chi connectivity index (χ4v) is 5.40. The van der Waals surface area contributed by atoms with Gasteiger partial charge in [-0.2, -0.15) is 0 Å². The number of imide groups is 1. The maximum Gasteiger partial charge on any atom is 0.342 e. The summed E-state index contributed by atoms with van der Waals surface area (Å²) in [7, 11) is 0. The number of nitrogens with one attached hydrogen (secondary N) is 1. The minimum atomic E-state index is -0.546. The molecule has 0 aliphatic carbocycles. The van der Waals surface area contributed by atoms with Crippen LogP contribution in [-0.4, -0.2) is 52.4 Å². The molecule has 2 saturated heterocycles. The molecule has 0 saturated carbocycles. The van der Waals surface area contributed by atoms with E-state index in [0.717, 1.165) is 49.2 Å². The number of amides is 4. The highest BCUT2D eigenvalue weighted by Gasteiger charge is 2.37. The largest absolute Gasteiger partial charge is 0.342 e. The fourth-order valence-electron chi connectivity index (χ4n) is 4.93. The molecule has 0 aromatic heterocycles. The molecular formula is C24H24Cl2N4O3. The van der Waals surface area contributed by atoms with E-state index in [-0.39, 0.29) is 24.8 Å². The van der Waals surface area contributed by atoms with Crippen molar-refractivity contribution >= 4 is 41.0 Å². The zero-order valence-electron chi connectivity index (χ0n) is 18.0. The number of hydrogen-bond donors (Lipinski definition) is 1. The van der Waals surface area contributed by atoms with Crippen molar-refractivity contribution < 1.29 is 14.4 Å². The Balaban J connectivity index is 1.22. The Bertz CT molecular complexity index is 1130. The third kappa shape index (κ3) is 4.33. The average molecular weight is 487 g/mol. The highest BCUT2D eigenvalue weighted by atomic mass is 35.5. The lowest BCUT2D eigenvalue weighted by atomic mass is 9.89. The molecule has 172 valence electrons. The Morgan fingerprint density at radius 2 is 1.76 bits per heavy atom. The molecule has 0 unspecified atom stereocenters. The number of rotatable bonds is 4. The van der Waals surface area contributed by atoms with Gasteiger partial charge < -0.3 is 0 Å². The van der Waals surface area contributed by atoms with Gasteiger partial charge in [-0.05, 0) is 60.7 Å². The van der Waals surface area contributed by atoms with Crippen LogP contribution in [0.5, 0.6) is 0 Å². The third-order valence-corrected chi connectivity index (χ3v) is 7.53. The Labute approximate surface area is 202 Å². The third-order valence-electron chi connectivity index (χ3n) is 6.69. The normalized spacial score (nSPS) is 19.8. The zero-order valence-corrected chi connectivity index (χ0v) is 19.5. The first-order valence-electron chi connectivity index (χ1n) is 11.1. The van der Waals surface area contributed by atoms with Crippen molar-refractivity contribution in [3.05, 3.63) is 68.7 Å². The summed E-state index contributed by atoms with van der Waals surface area (Å²) in [6.07, 6.45) is 2.22. The molecule has 9 heteroatoms. The van der Waals surface area contributed by atoms with Gasteiger partial charge in [0.25, 0.3) is 5.91 Å². The van der Waals surface area contributed by atoms with Crippen molar-refractivity contribution in [2.24, 2.45) is 0 Å². The molecule has 5 rings (SSSR count). The molecule has 2 aromatic rings. The first-order chi connectivity index (χ1) is 15.9. The van der Waals surface area contributed by atoms with Gasteiger partial charge in [0.1, 0.15) is 0 Å². The van der Waals surface area contributed by atoms with E-state index in [1.165, 1.54) is 10.0 Å². The van der Waals surface area contributed by atoms with E-state index in [4.69, 9.17) is 23.2 Å². The van der Waals surface area contributed by atoms with Crippen molar-refractivity contribution in [2.45, 2.75) is 38.3 Å². The first-order valence-corrected chi connectivity index (χ1v) is 11.9. The molecule has 0 spiro atoms. The van der Waals surface area contributed by atoms with E-state index < -0.39 is 6.03 Å². The summed E-state index contributed by atoms with van der Waals surface area (Å²) in [6.45, 7) is 3.26. The number of hydrazine groups is 1. The number of carbonyl (C=O) groups excluding carboxylic acids is 3. The number of nitrogens with zero attached hydrogens (tertiary/aromatic N) is 3. The van der Waals surface area contributed by atoms with Crippen LogP contribution >= 0.6 is 23.2 Å². The minimum absolute atomic E-state index is 0.188. The first kappa shape index (κ1) is 22.2. The zero-order chi connectivity index (χ0) is 23.1. The summed E-state index contributed by atoms with van der Waals surface area (Å²) in [5.74, 6) is -0.120. The van der Waals surface area contributed by atoms with E-state index in [0.29, 0.717) is 28.1 Å². The van der Waals surface area contributed by atoms with Gasteiger partial charge in [-0.1, -0.05) is 47.5 Å². The quantitative estimate of drug-likeness (QED) is 0.703. The van der Waals surface area contributed by atoms with Crippen LogP contribution in [0.2, 0.25) is 10.0 Å². The number of benzene rings is 2. The smallest absolute Gasteiger partial charge is 0.299 e. The number of fused-ring (bicyclic) bond motifs is 1. The number of carbonyl (C=O) groups is 3. The lowest BCUT2D eigenvalue weighted by molar-refractivity contribution is -0.123. The second-order valence-corrected chi connectivity index (χ2v) is 9.56. The molecule has 3 aliphatic heterocycles. The highest BCUT2D eigenvalue weighted by molar-refractivity contribution is 6.42. The molecule has 3 heterocycles. The fraction of sp³-hybridized carbons (Fsp3) is 0.375. The minimum Gasteiger partial charge on any atom is -0.299 e. The summed E-state index contributed by atoms with van der Waals surface area (Å²) in [6, 6.07) is 11.2. The van der Waals surface area contributed by atoms with E-state index in [2.05, 4.69) is 22.3 Å². The van der Waals surface area contributed by atoms with Gasteiger partial charge in [0.05, 0.1) is 23.1 Å². The number of halogens is 2. The molecule has 0 radical (unpaired) electrons. The van der Waals surface area contributed by atoms with Crippen molar-refractivity contribution in [3.63, 3.8) is 0 Å². The second kappa shape index (κ2) is 8.97. The number of hydrogen-bond acceptors (Lipinski definition) is 4. The summed E-state index contributed by atoms with van der Waals surface area (Å²) >= 11 is 12.6. The number of piperidine rings is 1. The van der Waals surface area contributed by atoms with Crippen LogP contribution in [0.3, 0.4) is 0 Å². The molecule has 33 heavy (non-hydrogen) atoms. The number of urea groups is 1. The van der Waals surface area contributed by atoms with Gasteiger partial charge in [0.15, 0.2) is 0 Å². The van der Waals surface area contributed by atoms with Crippen LogP contribution in [0, 0.1) is 0 Å². The molecule has 2 aromatic carbocycles. The molecular weight excluding hydrogens is 463 g/mol. The average Bonchev–Trinajstić information content (AvgIpc) is 3.12. The van der Waals surface area contributed by atoms with E-state index in [9.17, 15) is 14.4 Å². The van der Waals surface area contributed by atoms with Gasteiger partial charge in [0, 0.05) is 18.5 Å². The van der Waals surface area contributed by atoms with Crippen LogP contribution in [0.15, 0.2) is 36.4 Å². The lowest BCUT2D eigenvalue weighted by Crippen LogP contribution is -2.56. The van der Waals surface area contributed by atoms with Crippen molar-refractivity contribution in [1.82, 2.24) is 20.2 Å². The molecule has 7 nitrogen and oxygen atoms in total. The standard InChI is InChI=1S/C24H24Cl2N4O3/c25-20-3-1-2-18(22(20)26)16-6-9-28(10-7-16)13-15-4-5-19-17(12-15)14-30(23(19)32)29-11-8-21(31)27-24(29)33/h1-5,12,16H,6-11,13-14H2,(H,27,31,33). The Morgan fingerprint density at radius 1 is 0.970 bits per heavy atom. The SMILES string of the molecule is O=C1CCN(N2Cc3cc(CN4CCC(c5cccc(Cl)c5Cl)CC4)ccc3C2=O)C(=O)N1. The Morgan fingerprint density at radius 3 is 2.52 bits per heavy atom. The number of likely N-dealkylation sites (tertiary alicyclic amines) is 1. The highest BCUT2D eigenvalue weighted by Crippen LogP contribution is 2.36. The van der Waals surface area contributed by atoms with Gasteiger partial charge >= 0.3 is 6.03 Å². The predicted molar refractivity (Wildman–Crippen MR) is 125 cm³/mol. The maximum absolute atomic E-state index is 12.8. The Hall–Kier alpha value is -2.61. The van der Waals surface area contributed by atoms with Crippen molar-refractivity contribution in [3.8, 4) is 0 Å². The molecule has 4 amide bonds. The van der Waals surface area contributed by atoms with E-state index >= 15 is 0 Å². The molecule has 2 fully saturated rings. The summed E-state index contributed by atoms with van der Waals surface area (Å²) in [4.78, 5) is 38.8. The predicted octanol–water partition coefficient (Wildman–Crippen LogP) is 4.19. The van der Waals surface area contributed by atoms with Gasteiger partial charge in [-0.3, -0.25) is 19.8 Å². The Kier molecular flexibility index (Phi) is 6.03. The molecule has 0 atom stereocenters. The van der Waals surface area contributed by atoms with E-state index in [1.807, 2.05) is 24.3 Å². The molecule has 0 bridgehead atoms. The van der Waals surface area contributed by atoms with Crippen LogP contribution in [0.4, 0.5) is 4.79 Å². The monoisotopic (exact) mass is 486 g/mol. The van der Waals surface area contributed by atoms with Crippen LogP contribution < -0.4 is 5.32 Å². The second-order valence-electron chi connectivity index (χ2n) is 8.77. The van der Waals surface area contributed by atoms with Gasteiger partial charge in [-0.15, -0.1) is 0 Å². The summed E-state index contributed by atoms with van der Waals surface area (Å²) < 4.78 is 0. The van der Waals surface area contributed by atoms with E-state index in [1.54, 1.807) is 0 Å². The van der Waals surface area contributed by atoms with Crippen LogP contribution in [0.1, 0.15) is 52.2 Å². The van der Waals surface area contributed by atoms with Gasteiger partial charge in [0.2, 0.25) is 5.91 Å². The van der Waals surface area contributed by atoms with Crippen LogP contribution in [0.25, 0.3) is 0 Å². The van der Waals surface area contributed by atoms with Crippen molar-refractivity contribution in [2.75, 3.05) is 19.6 Å². The van der Waals surface area contributed by atoms with Gasteiger partial charge in [-0.25, -0.2) is 14.8 Å². The lowest BCUT2D eigenvalue weighted by Gasteiger charge is -2.33. The molecule has 1 N–H and O–H groups in total. The summed E-state index contributed by atoms with van der Waals surface area (Å²) in [5.41, 5.74) is 3.78. The topological polar surface area (TPSA) is 73.0 Å². The van der Waals surface area contributed by atoms with Crippen molar-refractivity contribution in [1.29, 1.82) is 0 Å². The van der Waals surface area contributed by atoms with Crippen LogP contribution in [-0.2, 0) is 17.9 Å². The summed E-state index contributed by atoms with van der Waals surface area (Å²) in [5, 5.41) is 6.30. The molecule has 3 aliphatic rings. The maximum atomic E-state index is 12.8.